The molecule has 0 radical (unpaired) electrons. The molecule has 0 amide bonds. The van der Waals surface area contributed by atoms with Crippen LogP contribution in [0.2, 0.25) is 5.02 Å². The molecular formula is C12H14ClN3O3. The van der Waals surface area contributed by atoms with Crippen LogP contribution in [0.1, 0.15) is 37.2 Å². The van der Waals surface area contributed by atoms with Gasteiger partial charge in [0.1, 0.15) is 10.7 Å². The molecule has 0 spiro atoms. The molecule has 0 aliphatic heterocycles. The average Bonchev–Trinajstić information content (AvgIpc) is 2.73. The third-order valence-corrected chi connectivity index (χ3v) is 3.04. The van der Waals surface area contributed by atoms with Crippen molar-refractivity contribution in [3.63, 3.8) is 0 Å². The number of pyridine rings is 1. The van der Waals surface area contributed by atoms with Gasteiger partial charge in [0.15, 0.2) is 0 Å². The fraction of sp³-hybridized carbons (Fsp3) is 0.417. The number of aromatic amines is 1. The Bertz CT molecular complexity index is 687. The molecule has 7 heteroatoms. The highest BCUT2D eigenvalue weighted by Crippen LogP contribution is 2.23. The van der Waals surface area contributed by atoms with Gasteiger partial charge in [-0.2, -0.15) is 5.10 Å². The molecule has 0 saturated heterocycles. The molecule has 102 valence electrons. The molecule has 19 heavy (non-hydrogen) atoms. The lowest BCUT2D eigenvalue weighted by atomic mass is 10.2. The summed E-state index contributed by atoms with van der Waals surface area (Å²) in [6, 6.07) is 0.0457. The summed E-state index contributed by atoms with van der Waals surface area (Å²) in [7, 11) is 0. The summed E-state index contributed by atoms with van der Waals surface area (Å²) in [6.07, 6.45) is 1.50. The fourth-order valence-corrected chi connectivity index (χ4v) is 2.08. The summed E-state index contributed by atoms with van der Waals surface area (Å²) in [5, 5.41) is 4.47. The number of carbonyl (C=O) groups excluding carboxylic acids is 1. The van der Waals surface area contributed by atoms with E-state index in [4.69, 9.17) is 16.3 Å². The third-order valence-electron chi connectivity index (χ3n) is 2.68. The number of hydrogen-bond acceptors (Lipinski definition) is 4. The molecule has 0 aliphatic rings. The molecule has 2 aromatic heterocycles. The number of rotatable bonds is 3. The van der Waals surface area contributed by atoms with Crippen LogP contribution in [0.15, 0.2) is 11.0 Å². The molecule has 1 N–H and O–H groups in total. The normalized spacial score (nSPS) is 11.2. The number of nitrogens with zero attached hydrogens (tertiary/aromatic N) is 2. The SMILES string of the molecule is CCOC(=O)c1c(Cl)c(=O)[nH]c2c1cnn2C(C)C. The quantitative estimate of drug-likeness (QED) is 0.876. The second-order valence-electron chi connectivity index (χ2n) is 4.31. The molecule has 0 fully saturated rings. The molecule has 0 saturated carbocycles. The maximum atomic E-state index is 11.9. The highest BCUT2D eigenvalue weighted by molar-refractivity contribution is 6.34. The second kappa shape index (κ2) is 5.05. The van der Waals surface area contributed by atoms with Gasteiger partial charge in [-0.15, -0.1) is 0 Å². The van der Waals surface area contributed by atoms with Crippen molar-refractivity contribution >= 4 is 28.6 Å². The maximum Gasteiger partial charge on any atom is 0.340 e. The molecule has 0 aromatic carbocycles. The first-order valence-electron chi connectivity index (χ1n) is 5.93. The minimum atomic E-state index is -0.619. The van der Waals surface area contributed by atoms with Crippen LogP contribution in [-0.2, 0) is 4.74 Å². The first-order chi connectivity index (χ1) is 8.97. The lowest BCUT2D eigenvalue weighted by Crippen LogP contribution is -2.16. The Labute approximate surface area is 114 Å². The summed E-state index contributed by atoms with van der Waals surface area (Å²) in [5.41, 5.74) is 0.00115. The van der Waals surface area contributed by atoms with Crippen molar-refractivity contribution in [3.8, 4) is 0 Å². The third kappa shape index (κ3) is 2.23. The molecule has 2 heterocycles. The lowest BCUT2D eigenvalue weighted by Gasteiger charge is -2.08. The molecule has 0 bridgehead atoms. The van der Waals surface area contributed by atoms with Gasteiger partial charge in [-0.05, 0) is 20.8 Å². The van der Waals surface area contributed by atoms with Crippen LogP contribution < -0.4 is 5.56 Å². The van der Waals surface area contributed by atoms with Crippen LogP contribution in [-0.4, -0.2) is 27.3 Å². The number of fused-ring (bicyclic) bond motifs is 1. The standard InChI is InChI=1S/C12H14ClN3O3/c1-4-19-12(18)8-7-5-14-16(6(2)3)10(7)15-11(17)9(8)13/h5-6H,4H2,1-3H3,(H,15,17). The van der Waals surface area contributed by atoms with Crippen molar-refractivity contribution < 1.29 is 9.53 Å². The number of aromatic nitrogens is 3. The molecular weight excluding hydrogens is 270 g/mol. The van der Waals surface area contributed by atoms with Gasteiger partial charge in [0.2, 0.25) is 0 Å². The van der Waals surface area contributed by atoms with Gasteiger partial charge in [-0.3, -0.25) is 4.79 Å². The van der Waals surface area contributed by atoms with E-state index in [2.05, 4.69) is 10.1 Å². The van der Waals surface area contributed by atoms with E-state index in [1.165, 1.54) is 6.20 Å². The van der Waals surface area contributed by atoms with Gasteiger partial charge < -0.3 is 9.72 Å². The average molecular weight is 284 g/mol. The number of hydrogen-bond donors (Lipinski definition) is 1. The summed E-state index contributed by atoms with van der Waals surface area (Å²) in [4.78, 5) is 26.3. The summed E-state index contributed by atoms with van der Waals surface area (Å²) in [5.74, 6) is -0.619. The molecule has 6 nitrogen and oxygen atoms in total. The number of carbonyl (C=O) groups is 1. The van der Waals surface area contributed by atoms with Gasteiger partial charge in [-0.25, -0.2) is 9.48 Å². The molecule has 2 rings (SSSR count). The van der Waals surface area contributed by atoms with Crippen LogP contribution in [0, 0.1) is 0 Å². The van der Waals surface area contributed by atoms with E-state index in [0.717, 1.165) is 0 Å². The predicted molar refractivity (Wildman–Crippen MR) is 71.7 cm³/mol. The lowest BCUT2D eigenvalue weighted by molar-refractivity contribution is 0.0528. The van der Waals surface area contributed by atoms with Crippen molar-refractivity contribution in [2.75, 3.05) is 6.61 Å². The zero-order valence-electron chi connectivity index (χ0n) is 10.9. The van der Waals surface area contributed by atoms with Crippen molar-refractivity contribution in [1.29, 1.82) is 0 Å². The van der Waals surface area contributed by atoms with Crippen molar-refractivity contribution in [1.82, 2.24) is 14.8 Å². The Morgan fingerprint density at radius 3 is 2.84 bits per heavy atom. The van der Waals surface area contributed by atoms with E-state index in [1.807, 2.05) is 13.8 Å². The Balaban J connectivity index is 2.78. The number of ether oxygens (including phenoxy) is 1. The van der Waals surface area contributed by atoms with Crippen LogP contribution in [0.5, 0.6) is 0 Å². The van der Waals surface area contributed by atoms with Crippen LogP contribution in [0.25, 0.3) is 11.0 Å². The molecule has 0 unspecified atom stereocenters. The Hall–Kier alpha value is -1.82. The van der Waals surface area contributed by atoms with Gasteiger partial charge in [0.25, 0.3) is 5.56 Å². The summed E-state index contributed by atoms with van der Waals surface area (Å²) in [6.45, 7) is 5.74. The van der Waals surface area contributed by atoms with Crippen molar-refractivity contribution in [3.05, 3.63) is 27.1 Å². The van der Waals surface area contributed by atoms with Gasteiger partial charge >= 0.3 is 5.97 Å². The highest BCUT2D eigenvalue weighted by atomic mass is 35.5. The fourth-order valence-electron chi connectivity index (χ4n) is 1.86. The minimum Gasteiger partial charge on any atom is -0.462 e. The zero-order valence-corrected chi connectivity index (χ0v) is 11.6. The number of halogens is 1. The van der Waals surface area contributed by atoms with Gasteiger partial charge in [0, 0.05) is 6.04 Å². The Morgan fingerprint density at radius 2 is 2.26 bits per heavy atom. The number of H-pyrrole nitrogens is 1. The molecule has 2 aromatic rings. The Morgan fingerprint density at radius 1 is 1.58 bits per heavy atom. The van der Waals surface area contributed by atoms with E-state index >= 15 is 0 Å². The monoisotopic (exact) mass is 283 g/mol. The van der Waals surface area contributed by atoms with Crippen molar-refractivity contribution in [2.45, 2.75) is 26.8 Å². The Kier molecular flexibility index (Phi) is 3.61. The van der Waals surface area contributed by atoms with E-state index in [9.17, 15) is 9.59 Å². The zero-order chi connectivity index (χ0) is 14.2. The summed E-state index contributed by atoms with van der Waals surface area (Å²) >= 11 is 5.91. The van der Waals surface area contributed by atoms with Gasteiger partial charge in [0.05, 0.1) is 23.8 Å². The van der Waals surface area contributed by atoms with Gasteiger partial charge in [-0.1, -0.05) is 11.6 Å². The topological polar surface area (TPSA) is 77.0 Å². The van der Waals surface area contributed by atoms with E-state index in [1.54, 1.807) is 11.6 Å². The minimum absolute atomic E-state index is 0.0457. The van der Waals surface area contributed by atoms with E-state index in [-0.39, 0.29) is 23.2 Å². The largest absolute Gasteiger partial charge is 0.462 e. The molecule has 0 aliphatic carbocycles. The van der Waals surface area contributed by atoms with E-state index < -0.39 is 11.5 Å². The first-order valence-corrected chi connectivity index (χ1v) is 6.31. The molecule has 0 atom stereocenters. The summed E-state index contributed by atoms with van der Waals surface area (Å²) < 4.78 is 6.55. The second-order valence-corrected chi connectivity index (χ2v) is 4.69. The van der Waals surface area contributed by atoms with Crippen LogP contribution in [0.3, 0.4) is 0 Å². The highest BCUT2D eigenvalue weighted by Gasteiger charge is 2.22. The first kappa shape index (κ1) is 13.6. The smallest absolute Gasteiger partial charge is 0.340 e. The predicted octanol–water partition coefficient (Wildman–Crippen LogP) is 2.14. The number of nitrogens with one attached hydrogen (secondary N) is 1. The van der Waals surface area contributed by atoms with Crippen molar-refractivity contribution in [2.24, 2.45) is 0 Å². The van der Waals surface area contributed by atoms with Crippen LogP contribution in [0.4, 0.5) is 0 Å². The maximum absolute atomic E-state index is 11.9. The number of esters is 1. The van der Waals surface area contributed by atoms with Crippen LogP contribution >= 0.6 is 11.6 Å². The van der Waals surface area contributed by atoms with E-state index in [0.29, 0.717) is 11.0 Å².